The molecular formula is C23H29N3O5. The Morgan fingerprint density at radius 3 is 2.35 bits per heavy atom. The Morgan fingerprint density at radius 1 is 1.10 bits per heavy atom. The van der Waals surface area contributed by atoms with Crippen LogP contribution in [-0.4, -0.2) is 39.6 Å². The van der Waals surface area contributed by atoms with Crippen LogP contribution in [0.3, 0.4) is 0 Å². The van der Waals surface area contributed by atoms with E-state index in [0.717, 1.165) is 12.8 Å². The second-order valence-electron chi connectivity index (χ2n) is 8.53. The second-order valence-corrected chi connectivity index (χ2v) is 8.53. The predicted molar refractivity (Wildman–Crippen MR) is 116 cm³/mol. The molecule has 8 nitrogen and oxygen atoms in total. The number of anilines is 1. The highest BCUT2D eigenvalue weighted by Gasteiger charge is 2.28. The van der Waals surface area contributed by atoms with Gasteiger partial charge in [-0.05, 0) is 50.7 Å². The number of amides is 1. The Hall–Kier alpha value is -3.16. The van der Waals surface area contributed by atoms with Crippen molar-refractivity contribution in [1.82, 2.24) is 9.97 Å². The molecule has 0 spiro atoms. The fraction of sp³-hybridized carbons (Fsp3) is 0.478. The Kier molecular flexibility index (Phi) is 7.09. The fourth-order valence-corrected chi connectivity index (χ4v) is 3.06. The second kappa shape index (κ2) is 9.76. The monoisotopic (exact) mass is 427 g/mol. The van der Waals surface area contributed by atoms with E-state index in [0.29, 0.717) is 30.5 Å². The van der Waals surface area contributed by atoms with Crippen molar-refractivity contribution in [1.29, 1.82) is 0 Å². The van der Waals surface area contributed by atoms with Crippen LogP contribution in [0.15, 0.2) is 30.6 Å². The molecule has 1 aromatic carbocycles. The number of carboxylic acids is 1. The molecule has 31 heavy (non-hydrogen) atoms. The van der Waals surface area contributed by atoms with Crippen molar-refractivity contribution in [3.63, 3.8) is 0 Å². The van der Waals surface area contributed by atoms with Crippen LogP contribution in [0.2, 0.25) is 0 Å². The van der Waals surface area contributed by atoms with Gasteiger partial charge in [0.25, 0.3) is 0 Å². The lowest BCUT2D eigenvalue weighted by Crippen LogP contribution is -2.34. The maximum absolute atomic E-state index is 12.7. The largest absolute Gasteiger partial charge is 0.491 e. The molecule has 2 aromatic rings. The summed E-state index contributed by atoms with van der Waals surface area (Å²) in [5.41, 5.74) is 0.0487. The lowest BCUT2D eigenvalue weighted by Gasteiger charge is -2.22. The van der Waals surface area contributed by atoms with Crippen LogP contribution in [0.25, 0.3) is 0 Å². The van der Waals surface area contributed by atoms with E-state index in [-0.39, 0.29) is 35.1 Å². The molecule has 1 amide bonds. The van der Waals surface area contributed by atoms with E-state index in [1.165, 1.54) is 24.5 Å². The number of aromatic carboxylic acids is 1. The average molecular weight is 428 g/mol. The SMILES string of the molecule is CC(C)CC(=O)N(CC1CC1)c1cnc(Oc2cc(OC(C)C)cc(C(=O)O)c2)cn1. The van der Waals surface area contributed by atoms with Gasteiger partial charge in [0, 0.05) is 19.0 Å². The number of benzene rings is 1. The number of carboxylic acid groups (broad SMARTS) is 1. The molecule has 0 aliphatic heterocycles. The molecule has 1 aliphatic carbocycles. The predicted octanol–water partition coefficient (Wildman–Crippen LogP) is 4.54. The van der Waals surface area contributed by atoms with Crippen molar-refractivity contribution in [2.75, 3.05) is 11.4 Å². The number of carbonyl (C=O) groups excluding carboxylic acids is 1. The van der Waals surface area contributed by atoms with Crippen LogP contribution in [-0.2, 0) is 4.79 Å². The number of hydrogen-bond donors (Lipinski definition) is 1. The summed E-state index contributed by atoms with van der Waals surface area (Å²) >= 11 is 0. The third-order valence-electron chi connectivity index (χ3n) is 4.63. The first kappa shape index (κ1) is 22.5. The van der Waals surface area contributed by atoms with Gasteiger partial charge in [-0.15, -0.1) is 0 Å². The first-order valence-corrected chi connectivity index (χ1v) is 10.6. The minimum Gasteiger partial charge on any atom is -0.491 e. The number of hydrogen-bond acceptors (Lipinski definition) is 6. The Balaban J connectivity index is 1.78. The minimum absolute atomic E-state index is 0.0366. The molecule has 0 radical (unpaired) electrons. The van der Waals surface area contributed by atoms with E-state index < -0.39 is 5.97 Å². The summed E-state index contributed by atoms with van der Waals surface area (Å²) in [4.78, 5) is 34.5. The van der Waals surface area contributed by atoms with E-state index in [1.807, 2.05) is 27.7 Å². The fourth-order valence-electron chi connectivity index (χ4n) is 3.06. The van der Waals surface area contributed by atoms with Crippen molar-refractivity contribution in [3.8, 4) is 17.4 Å². The lowest BCUT2D eigenvalue weighted by atomic mass is 10.1. The van der Waals surface area contributed by atoms with E-state index in [1.54, 1.807) is 11.0 Å². The standard InChI is InChI=1S/C23H29N3O5/c1-14(2)7-22(27)26(13-16-5-6-16)20-11-25-21(12-24-20)31-19-9-17(23(28)29)8-18(10-19)30-15(3)4/h8-12,14-16H,5-7,13H2,1-4H3,(H,28,29). The zero-order valence-electron chi connectivity index (χ0n) is 18.4. The van der Waals surface area contributed by atoms with Crippen LogP contribution >= 0.6 is 0 Å². The van der Waals surface area contributed by atoms with Gasteiger partial charge in [-0.25, -0.2) is 14.8 Å². The molecule has 1 saturated carbocycles. The molecule has 0 saturated heterocycles. The van der Waals surface area contributed by atoms with E-state index >= 15 is 0 Å². The average Bonchev–Trinajstić information content (AvgIpc) is 3.50. The maximum Gasteiger partial charge on any atom is 0.335 e. The van der Waals surface area contributed by atoms with Gasteiger partial charge in [-0.3, -0.25) is 9.69 Å². The summed E-state index contributed by atoms with van der Waals surface area (Å²) in [7, 11) is 0. The quantitative estimate of drug-likeness (QED) is 0.594. The van der Waals surface area contributed by atoms with Crippen LogP contribution in [0.5, 0.6) is 17.4 Å². The summed E-state index contributed by atoms with van der Waals surface area (Å²) in [5, 5.41) is 9.35. The molecule has 0 bridgehead atoms. The number of nitrogens with zero attached hydrogens (tertiary/aromatic N) is 3. The zero-order valence-corrected chi connectivity index (χ0v) is 18.4. The molecule has 1 heterocycles. The van der Waals surface area contributed by atoms with Gasteiger partial charge < -0.3 is 14.6 Å². The van der Waals surface area contributed by atoms with Crippen molar-refractivity contribution in [2.24, 2.45) is 11.8 Å². The lowest BCUT2D eigenvalue weighted by molar-refractivity contribution is -0.119. The summed E-state index contributed by atoms with van der Waals surface area (Å²) in [5.74, 6) is 1.10. The minimum atomic E-state index is -1.08. The van der Waals surface area contributed by atoms with Crippen LogP contribution in [0.1, 0.15) is 57.3 Å². The van der Waals surface area contributed by atoms with Crippen LogP contribution < -0.4 is 14.4 Å². The van der Waals surface area contributed by atoms with E-state index in [9.17, 15) is 14.7 Å². The molecule has 1 fully saturated rings. The third kappa shape index (κ3) is 6.67. The van der Waals surface area contributed by atoms with Gasteiger partial charge in [-0.2, -0.15) is 0 Å². The highest BCUT2D eigenvalue weighted by molar-refractivity contribution is 5.92. The zero-order chi connectivity index (χ0) is 22.5. The number of aromatic nitrogens is 2. The molecule has 1 aliphatic rings. The molecule has 3 rings (SSSR count). The number of carbonyl (C=O) groups is 2. The Morgan fingerprint density at radius 2 is 1.81 bits per heavy atom. The van der Waals surface area contributed by atoms with E-state index in [2.05, 4.69) is 9.97 Å². The summed E-state index contributed by atoms with van der Waals surface area (Å²) in [6.07, 6.45) is 5.54. The molecular weight excluding hydrogens is 398 g/mol. The van der Waals surface area contributed by atoms with Gasteiger partial charge in [-0.1, -0.05) is 13.8 Å². The first-order chi connectivity index (χ1) is 14.7. The first-order valence-electron chi connectivity index (χ1n) is 10.6. The Bertz CT molecular complexity index is 923. The molecule has 8 heteroatoms. The summed E-state index contributed by atoms with van der Waals surface area (Å²) < 4.78 is 11.3. The maximum atomic E-state index is 12.7. The smallest absolute Gasteiger partial charge is 0.335 e. The number of ether oxygens (including phenoxy) is 2. The molecule has 166 valence electrons. The van der Waals surface area contributed by atoms with Crippen molar-refractivity contribution in [3.05, 3.63) is 36.2 Å². The van der Waals surface area contributed by atoms with E-state index in [4.69, 9.17) is 9.47 Å². The van der Waals surface area contributed by atoms with Crippen molar-refractivity contribution < 1.29 is 24.2 Å². The van der Waals surface area contributed by atoms with Crippen molar-refractivity contribution in [2.45, 2.75) is 53.1 Å². The topological polar surface area (TPSA) is 102 Å². The van der Waals surface area contributed by atoms with Crippen molar-refractivity contribution >= 4 is 17.7 Å². The van der Waals surface area contributed by atoms with Gasteiger partial charge in [0.2, 0.25) is 11.8 Å². The van der Waals surface area contributed by atoms with Crippen LogP contribution in [0, 0.1) is 11.8 Å². The highest BCUT2D eigenvalue weighted by atomic mass is 16.5. The molecule has 0 unspecified atom stereocenters. The molecule has 1 aromatic heterocycles. The normalized spacial score (nSPS) is 13.4. The Labute approximate surface area is 182 Å². The van der Waals surface area contributed by atoms with Gasteiger partial charge >= 0.3 is 5.97 Å². The summed E-state index contributed by atoms with van der Waals surface area (Å²) in [6, 6.07) is 4.45. The van der Waals surface area contributed by atoms with Gasteiger partial charge in [0.05, 0.1) is 24.1 Å². The third-order valence-corrected chi connectivity index (χ3v) is 4.63. The molecule has 1 N–H and O–H groups in total. The summed E-state index contributed by atoms with van der Waals surface area (Å²) in [6.45, 7) is 8.38. The highest BCUT2D eigenvalue weighted by Crippen LogP contribution is 2.32. The van der Waals surface area contributed by atoms with Gasteiger partial charge in [0.15, 0.2) is 5.82 Å². The molecule has 0 atom stereocenters. The number of rotatable bonds is 10. The van der Waals surface area contributed by atoms with Crippen LogP contribution in [0.4, 0.5) is 5.82 Å². The van der Waals surface area contributed by atoms with Gasteiger partial charge in [0.1, 0.15) is 11.5 Å².